The number of likely N-dealkylation sites (tertiary alicyclic amines) is 1. The summed E-state index contributed by atoms with van der Waals surface area (Å²) >= 11 is 0. The van der Waals surface area contributed by atoms with Crippen molar-refractivity contribution in [2.45, 2.75) is 39.2 Å². The summed E-state index contributed by atoms with van der Waals surface area (Å²) in [6.07, 6.45) is 3.78. The van der Waals surface area contributed by atoms with Gasteiger partial charge in [0.05, 0.1) is 6.04 Å². The van der Waals surface area contributed by atoms with E-state index in [0.717, 1.165) is 31.2 Å². The summed E-state index contributed by atoms with van der Waals surface area (Å²) in [5.74, 6) is 2.63. The molecule has 3 heteroatoms. The lowest BCUT2D eigenvalue weighted by atomic mass is 9.93. The van der Waals surface area contributed by atoms with Gasteiger partial charge < -0.3 is 10.2 Å². The standard InChI is InChI=1S/C14H24N2O/c1-3-16-9-5-4-6-12(10-15)14(16)13-8-7-11(2)17-13/h7-8,12,14H,3-6,9-10,15H2,1-2H3. The maximum atomic E-state index is 5.96. The highest BCUT2D eigenvalue weighted by molar-refractivity contribution is 5.11. The smallest absolute Gasteiger partial charge is 0.121 e. The predicted octanol–water partition coefficient (Wildman–Crippen LogP) is 2.71. The van der Waals surface area contributed by atoms with Crippen molar-refractivity contribution in [3.8, 4) is 0 Å². The van der Waals surface area contributed by atoms with Crippen LogP contribution in [0, 0.1) is 12.8 Å². The van der Waals surface area contributed by atoms with E-state index < -0.39 is 0 Å². The zero-order valence-electron chi connectivity index (χ0n) is 11.0. The van der Waals surface area contributed by atoms with Crippen LogP contribution in [0.1, 0.15) is 43.7 Å². The highest BCUT2D eigenvalue weighted by Gasteiger charge is 2.31. The molecule has 0 saturated carbocycles. The van der Waals surface area contributed by atoms with Crippen molar-refractivity contribution in [2.24, 2.45) is 11.7 Å². The molecule has 17 heavy (non-hydrogen) atoms. The van der Waals surface area contributed by atoms with Gasteiger partial charge in [-0.3, -0.25) is 4.90 Å². The molecule has 1 saturated heterocycles. The van der Waals surface area contributed by atoms with E-state index in [1.807, 2.05) is 6.92 Å². The number of nitrogens with zero attached hydrogens (tertiary/aromatic N) is 1. The summed E-state index contributed by atoms with van der Waals surface area (Å²) in [4.78, 5) is 2.52. The van der Waals surface area contributed by atoms with Crippen molar-refractivity contribution in [3.63, 3.8) is 0 Å². The molecule has 0 bridgehead atoms. The van der Waals surface area contributed by atoms with E-state index in [1.54, 1.807) is 0 Å². The summed E-state index contributed by atoms with van der Waals surface area (Å²) in [5.41, 5.74) is 5.96. The molecule has 1 aliphatic rings. The summed E-state index contributed by atoms with van der Waals surface area (Å²) in [6.45, 7) is 7.22. The Labute approximate surface area is 104 Å². The van der Waals surface area contributed by atoms with Crippen molar-refractivity contribution >= 4 is 0 Å². The molecule has 0 aliphatic carbocycles. The van der Waals surface area contributed by atoms with Crippen LogP contribution >= 0.6 is 0 Å². The van der Waals surface area contributed by atoms with E-state index in [1.165, 1.54) is 19.3 Å². The van der Waals surface area contributed by atoms with Gasteiger partial charge in [0.2, 0.25) is 0 Å². The molecule has 3 nitrogen and oxygen atoms in total. The lowest BCUT2D eigenvalue weighted by Gasteiger charge is -2.32. The summed E-state index contributed by atoms with van der Waals surface area (Å²) in [5, 5.41) is 0. The Morgan fingerprint density at radius 2 is 2.24 bits per heavy atom. The normalized spacial score (nSPS) is 27.0. The third kappa shape index (κ3) is 2.72. The third-order valence-corrected chi connectivity index (χ3v) is 3.87. The van der Waals surface area contributed by atoms with E-state index in [9.17, 15) is 0 Å². The largest absolute Gasteiger partial charge is 0.465 e. The Morgan fingerprint density at radius 1 is 1.41 bits per heavy atom. The van der Waals surface area contributed by atoms with Crippen LogP contribution < -0.4 is 5.73 Å². The van der Waals surface area contributed by atoms with Crippen LogP contribution in [0.5, 0.6) is 0 Å². The van der Waals surface area contributed by atoms with Crippen LogP contribution in [0.2, 0.25) is 0 Å². The van der Waals surface area contributed by atoms with Gasteiger partial charge >= 0.3 is 0 Å². The van der Waals surface area contributed by atoms with Crippen LogP contribution in [-0.2, 0) is 0 Å². The van der Waals surface area contributed by atoms with Gasteiger partial charge in [0.1, 0.15) is 11.5 Å². The average molecular weight is 236 g/mol. The monoisotopic (exact) mass is 236 g/mol. The highest BCUT2D eigenvalue weighted by atomic mass is 16.3. The molecule has 2 unspecified atom stereocenters. The first-order chi connectivity index (χ1) is 8.26. The Hall–Kier alpha value is -0.800. The first kappa shape index (κ1) is 12.7. The van der Waals surface area contributed by atoms with Crippen LogP contribution in [0.25, 0.3) is 0 Å². The number of rotatable bonds is 3. The molecular weight excluding hydrogens is 212 g/mol. The fourth-order valence-corrected chi connectivity index (χ4v) is 2.94. The van der Waals surface area contributed by atoms with E-state index in [2.05, 4.69) is 24.0 Å². The molecule has 2 N–H and O–H groups in total. The second-order valence-electron chi connectivity index (χ2n) is 5.01. The number of hydrogen-bond acceptors (Lipinski definition) is 3. The Morgan fingerprint density at radius 3 is 2.82 bits per heavy atom. The molecule has 0 spiro atoms. The van der Waals surface area contributed by atoms with Crippen molar-refractivity contribution in [2.75, 3.05) is 19.6 Å². The molecule has 0 amide bonds. The van der Waals surface area contributed by atoms with E-state index in [-0.39, 0.29) is 0 Å². The van der Waals surface area contributed by atoms with Crippen molar-refractivity contribution < 1.29 is 4.42 Å². The molecule has 2 heterocycles. The maximum absolute atomic E-state index is 5.96. The number of aryl methyl sites for hydroxylation is 1. The van der Waals surface area contributed by atoms with E-state index >= 15 is 0 Å². The SMILES string of the molecule is CCN1CCCCC(CN)C1c1ccc(C)o1. The van der Waals surface area contributed by atoms with Crippen LogP contribution in [0.3, 0.4) is 0 Å². The van der Waals surface area contributed by atoms with Crippen LogP contribution in [-0.4, -0.2) is 24.5 Å². The molecule has 1 fully saturated rings. The topological polar surface area (TPSA) is 42.4 Å². The van der Waals surface area contributed by atoms with Crippen molar-refractivity contribution in [1.82, 2.24) is 4.90 Å². The Balaban J connectivity index is 2.27. The van der Waals surface area contributed by atoms with Crippen molar-refractivity contribution in [3.05, 3.63) is 23.7 Å². The summed E-state index contributed by atoms with van der Waals surface area (Å²) < 4.78 is 5.85. The zero-order chi connectivity index (χ0) is 12.3. The Kier molecular flexibility index (Phi) is 4.24. The summed E-state index contributed by atoms with van der Waals surface area (Å²) in [6, 6.07) is 4.55. The molecule has 1 aromatic heterocycles. The Bertz CT molecular complexity index is 334. The van der Waals surface area contributed by atoms with E-state index in [4.69, 9.17) is 10.2 Å². The predicted molar refractivity (Wildman–Crippen MR) is 69.8 cm³/mol. The molecule has 1 aromatic rings. The lowest BCUT2D eigenvalue weighted by molar-refractivity contribution is 0.142. The van der Waals surface area contributed by atoms with Crippen molar-refractivity contribution in [1.29, 1.82) is 0 Å². The number of hydrogen-bond donors (Lipinski definition) is 1. The van der Waals surface area contributed by atoms with E-state index in [0.29, 0.717) is 12.0 Å². The molecule has 96 valence electrons. The molecule has 0 aromatic carbocycles. The van der Waals surface area contributed by atoms with Gasteiger partial charge in [-0.15, -0.1) is 0 Å². The van der Waals surface area contributed by atoms with Gasteiger partial charge in [0.25, 0.3) is 0 Å². The van der Waals surface area contributed by atoms with Gasteiger partial charge in [0.15, 0.2) is 0 Å². The molecule has 2 atom stereocenters. The number of furan rings is 1. The fourth-order valence-electron chi connectivity index (χ4n) is 2.94. The highest BCUT2D eigenvalue weighted by Crippen LogP contribution is 2.35. The van der Waals surface area contributed by atoms with Crippen LogP contribution in [0.4, 0.5) is 0 Å². The maximum Gasteiger partial charge on any atom is 0.121 e. The minimum atomic E-state index is 0.376. The quantitative estimate of drug-likeness (QED) is 0.877. The molecule has 2 rings (SSSR count). The minimum Gasteiger partial charge on any atom is -0.465 e. The first-order valence-corrected chi connectivity index (χ1v) is 6.76. The first-order valence-electron chi connectivity index (χ1n) is 6.76. The van der Waals surface area contributed by atoms with Gasteiger partial charge in [-0.05, 0) is 57.5 Å². The molecule has 1 aliphatic heterocycles. The second kappa shape index (κ2) is 5.69. The lowest BCUT2D eigenvalue weighted by Crippen LogP contribution is -2.35. The average Bonchev–Trinajstić information content (AvgIpc) is 2.65. The van der Waals surface area contributed by atoms with Crippen LogP contribution in [0.15, 0.2) is 16.5 Å². The minimum absolute atomic E-state index is 0.376. The van der Waals surface area contributed by atoms with Gasteiger partial charge in [0, 0.05) is 0 Å². The van der Waals surface area contributed by atoms with Gasteiger partial charge in [-0.2, -0.15) is 0 Å². The molecule has 0 radical (unpaired) electrons. The second-order valence-corrected chi connectivity index (χ2v) is 5.01. The fraction of sp³-hybridized carbons (Fsp3) is 0.714. The molecular formula is C14H24N2O. The third-order valence-electron chi connectivity index (χ3n) is 3.87. The summed E-state index contributed by atoms with van der Waals surface area (Å²) in [7, 11) is 0. The van der Waals surface area contributed by atoms with Gasteiger partial charge in [-0.25, -0.2) is 0 Å². The van der Waals surface area contributed by atoms with Gasteiger partial charge in [-0.1, -0.05) is 13.3 Å². The zero-order valence-corrected chi connectivity index (χ0v) is 11.0. The number of nitrogens with two attached hydrogens (primary N) is 1.